The summed E-state index contributed by atoms with van der Waals surface area (Å²) in [6.07, 6.45) is 2.09. The molecule has 4 aliphatic heterocycles. The zero-order chi connectivity index (χ0) is 35.6. The van der Waals surface area contributed by atoms with Crippen molar-refractivity contribution in [2.45, 2.75) is 70.6 Å². The van der Waals surface area contributed by atoms with Crippen molar-refractivity contribution in [2.75, 3.05) is 64.2 Å². The predicted octanol–water partition coefficient (Wildman–Crippen LogP) is 3.90. The minimum atomic E-state index is -3.24. The summed E-state index contributed by atoms with van der Waals surface area (Å²) < 4.78 is 31.4. The SMILES string of the molecule is Cc1cc(C[C@@H](OC(=O)N2CCC(N3CCc4ccccc4NC3=O)CC2)C(=O)N2CCC(N3CCN(S(=O)(=O)I)CC3)CC2)cc(C)c1O. The molecule has 2 aromatic rings. The molecule has 0 unspecified atom stereocenters. The molecule has 6 rings (SSSR count). The van der Waals surface area contributed by atoms with Gasteiger partial charge in [0.2, 0.25) is 0 Å². The Bertz CT molecular complexity index is 1660. The maximum atomic E-state index is 14.1. The van der Waals surface area contributed by atoms with E-state index in [1.54, 1.807) is 9.80 Å². The highest BCUT2D eigenvalue weighted by Gasteiger charge is 2.37. The molecule has 0 saturated carbocycles. The summed E-state index contributed by atoms with van der Waals surface area (Å²) in [5.74, 6) is -0.0332. The van der Waals surface area contributed by atoms with Crippen LogP contribution >= 0.6 is 21.2 Å². The van der Waals surface area contributed by atoms with Crippen LogP contribution in [0.5, 0.6) is 5.75 Å². The number of amides is 4. The molecule has 4 aliphatic rings. The molecule has 4 amide bonds. The molecule has 3 saturated heterocycles. The standard InChI is InChI=1S/C35H47IN6O7S/c1-24-21-26(22-25(2)32(24)43)23-31(33(44)39-12-8-28(9-13-39)38-17-19-41(20-18-38)50(36,47)48)49-35(46)40-14-10-29(11-15-40)42-16-7-27-5-3-4-6-30(27)37-34(42)45/h3-6,21-22,28-29,31,43H,7-20,23H2,1-2H3,(H,37,45)/t31-/m1/s1. The molecule has 0 spiro atoms. The number of aromatic hydroxyl groups is 1. The number of hydrogen-bond donors (Lipinski definition) is 2. The van der Waals surface area contributed by atoms with Gasteiger partial charge in [0.05, 0.1) is 21.2 Å². The molecule has 0 aliphatic carbocycles. The van der Waals surface area contributed by atoms with Crippen LogP contribution in [0.3, 0.4) is 0 Å². The minimum absolute atomic E-state index is 0.0102. The average molecular weight is 823 g/mol. The number of halogens is 1. The van der Waals surface area contributed by atoms with Crippen LogP contribution in [-0.4, -0.2) is 133 Å². The Balaban J connectivity index is 1.07. The van der Waals surface area contributed by atoms with Crippen LogP contribution in [0, 0.1) is 13.8 Å². The number of hydrogen-bond acceptors (Lipinski definition) is 8. The number of carbonyl (C=O) groups is 3. The number of carbonyl (C=O) groups excluding carboxylic acids is 3. The van der Waals surface area contributed by atoms with E-state index in [-0.39, 0.29) is 36.2 Å². The Morgan fingerprint density at radius 2 is 1.50 bits per heavy atom. The Morgan fingerprint density at radius 1 is 0.900 bits per heavy atom. The van der Waals surface area contributed by atoms with Gasteiger partial charge < -0.3 is 29.9 Å². The van der Waals surface area contributed by atoms with Crippen LogP contribution in [0.1, 0.15) is 47.9 Å². The number of likely N-dealkylation sites (tertiary alicyclic amines) is 2. The summed E-state index contributed by atoms with van der Waals surface area (Å²) in [4.78, 5) is 48.4. The molecular weight excluding hydrogens is 775 g/mol. The number of rotatable bonds is 7. The second kappa shape index (κ2) is 15.6. The highest BCUT2D eigenvalue weighted by molar-refractivity contribution is 14.2. The van der Waals surface area contributed by atoms with Gasteiger partial charge in [-0.2, -0.15) is 4.31 Å². The van der Waals surface area contributed by atoms with Crippen LogP contribution in [0.25, 0.3) is 0 Å². The number of benzene rings is 2. The fourth-order valence-electron chi connectivity index (χ4n) is 7.79. The molecule has 15 heteroatoms. The van der Waals surface area contributed by atoms with Gasteiger partial charge in [0, 0.05) is 83.1 Å². The largest absolute Gasteiger partial charge is 0.507 e. The zero-order valence-corrected chi connectivity index (χ0v) is 31.7. The third kappa shape index (κ3) is 8.48. The molecule has 0 bridgehead atoms. The predicted molar refractivity (Wildman–Crippen MR) is 198 cm³/mol. The number of piperidine rings is 2. The van der Waals surface area contributed by atoms with E-state index in [0.717, 1.165) is 36.1 Å². The average Bonchev–Trinajstić information content (AvgIpc) is 3.27. The van der Waals surface area contributed by atoms with E-state index in [2.05, 4.69) is 10.2 Å². The van der Waals surface area contributed by atoms with E-state index >= 15 is 0 Å². The first kappa shape index (κ1) is 36.6. The van der Waals surface area contributed by atoms with Gasteiger partial charge in [-0.05, 0) is 74.3 Å². The molecule has 272 valence electrons. The highest BCUT2D eigenvalue weighted by Crippen LogP contribution is 2.28. The third-order valence-electron chi connectivity index (χ3n) is 10.7. The summed E-state index contributed by atoms with van der Waals surface area (Å²) in [5.41, 5.74) is 4.13. The number of nitrogens with one attached hydrogen (secondary N) is 1. The first-order chi connectivity index (χ1) is 23.9. The number of anilines is 1. The topological polar surface area (TPSA) is 143 Å². The van der Waals surface area contributed by atoms with E-state index in [9.17, 15) is 27.9 Å². The lowest BCUT2D eigenvalue weighted by Gasteiger charge is -2.42. The number of aryl methyl sites for hydroxylation is 2. The summed E-state index contributed by atoms with van der Waals surface area (Å²) in [6, 6.07) is 11.6. The smallest absolute Gasteiger partial charge is 0.410 e. The lowest BCUT2D eigenvalue weighted by atomic mass is 9.98. The summed E-state index contributed by atoms with van der Waals surface area (Å²) in [6.45, 7) is 8.33. The van der Waals surface area contributed by atoms with Crippen LogP contribution in [-0.2, 0) is 29.6 Å². The zero-order valence-electron chi connectivity index (χ0n) is 28.7. The van der Waals surface area contributed by atoms with E-state index in [0.29, 0.717) is 82.9 Å². The maximum absolute atomic E-state index is 14.1. The van der Waals surface area contributed by atoms with Crippen LogP contribution < -0.4 is 5.32 Å². The van der Waals surface area contributed by atoms with Crippen molar-refractivity contribution in [3.63, 3.8) is 0 Å². The Hall–Kier alpha value is -3.15. The van der Waals surface area contributed by atoms with Gasteiger partial charge in [-0.15, -0.1) is 0 Å². The lowest BCUT2D eigenvalue weighted by molar-refractivity contribution is -0.142. The number of phenolic OH excluding ortho intramolecular Hbond substituents is 1. The van der Waals surface area contributed by atoms with Crippen molar-refractivity contribution in [1.29, 1.82) is 0 Å². The van der Waals surface area contributed by atoms with Crippen molar-refractivity contribution in [1.82, 2.24) is 23.9 Å². The molecule has 4 heterocycles. The first-order valence-corrected chi connectivity index (χ1v) is 21.5. The molecule has 0 aromatic heterocycles. The summed E-state index contributed by atoms with van der Waals surface area (Å²) in [7, 11) is -3.24. The van der Waals surface area contributed by atoms with Gasteiger partial charge >= 0.3 is 12.1 Å². The van der Waals surface area contributed by atoms with E-state index < -0.39 is 19.4 Å². The van der Waals surface area contributed by atoms with E-state index in [1.165, 1.54) is 25.5 Å². The fraction of sp³-hybridized carbons (Fsp3) is 0.571. The molecule has 1 atom stereocenters. The number of phenols is 1. The third-order valence-corrected chi connectivity index (χ3v) is 13.3. The van der Waals surface area contributed by atoms with Crippen molar-refractivity contribution in [3.05, 3.63) is 58.7 Å². The van der Waals surface area contributed by atoms with Gasteiger partial charge in [-0.3, -0.25) is 9.69 Å². The van der Waals surface area contributed by atoms with Crippen molar-refractivity contribution >= 4 is 52.1 Å². The van der Waals surface area contributed by atoms with Crippen LogP contribution in [0.15, 0.2) is 36.4 Å². The molecule has 2 aromatic carbocycles. The normalized spacial score (nSPS) is 20.9. The number of para-hydroxylation sites is 1. The van der Waals surface area contributed by atoms with Gasteiger partial charge in [0.1, 0.15) is 5.75 Å². The number of nitrogens with zero attached hydrogens (tertiary/aromatic N) is 5. The monoisotopic (exact) mass is 822 g/mol. The molecule has 3 fully saturated rings. The van der Waals surface area contributed by atoms with Gasteiger partial charge in [-0.25, -0.2) is 18.0 Å². The second-order valence-electron chi connectivity index (χ2n) is 13.8. The molecule has 2 N–H and O–H groups in total. The second-order valence-corrected chi connectivity index (χ2v) is 18.5. The Morgan fingerprint density at radius 3 is 2.14 bits per heavy atom. The first-order valence-electron chi connectivity index (χ1n) is 17.5. The molecule has 13 nitrogen and oxygen atoms in total. The lowest BCUT2D eigenvalue weighted by Crippen LogP contribution is -2.55. The maximum Gasteiger partial charge on any atom is 0.410 e. The van der Waals surface area contributed by atoms with Crippen molar-refractivity contribution in [3.8, 4) is 5.75 Å². The Labute approximate surface area is 306 Å². The van der Waals surface area contributed by atoms with Crippen LogP contribution in [0.2, 0.25) is 0 Å². The Kier molecular flexibility index (Phi) is 11.4. The quantitative estimate of drug-likeness (QED) is 0.317. The van der Waals surface area contributed by atoms with Gasteiger partial charge in [0.15, 0.2) is 6.10 Å². The number of piperazine rings is 1. The summed E-state index contributed by atoms with van der Waals surface area (Å²) in [5, 5.41) is 13.4. The van der Waals surface area contributed by atoms with Gasteiger partial charge in [-0.1, -0.05) is 30.3 Å². The fourth-order valence-corrected chi connectivity index (χ4v) is 9.57. The van der Waals surface area contributed by atoms with E-state index in [4.69, 9.17) is 4.74 Å². The minimum Gasteiger partial charge on any atom is -0.507 e. The highest BCUT2D eigenvalue weighted by atomic mass is 127. The molecule has 50 heavy (non-hydrogen) atoms. The van der Waals surface area contributed by atoms with E-state index in [1.807, 2.05) is 55.1 Å². The van der Waals surface area contributed by atoms with Crippen LogP contribution in [0.4, 0.5) is 15.3 Å². The molecular formula is C35H47IN6O7S. The van der Waals surface area contributed by atoms with Gasteiger partial charge in [0.25, 0.3) is 13.1 Å². The summed E-state index contributed by atoms with van der Waals surface area (Å²) >= 11 is 1.49. The number of fused-ring (bicyclic) bond motifs is 1. The number of ether oxygens (including phenoxy) is 1. The van der Waals surface area contributed by atoms with Crippen molar-refractivity contribution in [2.24, 2.45) is 0 Å². The van der Waals surface area contributed by atoms with Crippen molar-refractivity contribution < 1.29 is 32.6 Å². The number of urea groups is 1. The molecule has 0 radical (unpaired) electrons.